The molecule has 7 nitrogen and oxygen atoms in total. The Bertz CT molecular complexity index is 1100. The number of hydrogen-bond acceptors (Lipinski definition) is 5. The van der Waals surface area contributed by atoms with Crippen molar-refractivity contribution in [1.82, 2.24) is 19.2 Å². The van der Waals surface area contributed by atoms with Crippen LogP contribution in [0.15, 0.2) is 54.7 Å². The molecule has 0 unspecified atom stereocenters. The maximum absolute atomic E-state index is 11.6. The van der Waals surface area contributed by atoms with Gasteiger partial charge in [0, 0.05) is 57.1 Å². The van der Waals surface area contributed by atoms with Crippen LogP contribution in [0.5, 0.6) is 5.75 Å². The summed E-state index contributed by atoms with van der Waals surface area (Å²) in [6, 6.07) is 11.8. The summed E-state index contributed by atoms with van der Waals surface area (Å²) in [5.41, 5.74) is 11.7. The standard InChI is InChI=1S/C24H29N5O2/c1-17(2)16-31-21-7-4-19(5-8-21)24-22(29-14-20(25)6-9-23(29)26-24)15-27-10-12-28(13-11-27)18(3)30/h4-9,14H,1,10-13,15-16,25H2,2-3H3. The number of rotatable bonds is 6. The fourth-order valence-corrected chi connectivity index (χ4v) is 3.84. The minimum atomic E-state index is 0.136. The molecule has 1 aromatic carbocycles. The zero-order chi connectivity index (χ0) is 22.0. The van der Waals surface area contributed by atoms with E-state index in [9.17, 15) is 4.79 Å². The molecule has 1 aliphatic heterocycles. The molecule has 1 amide bonds. The van der Waals surface area contributed by atoms with Crippen molar-refractivity contribution in [3.8, 4) is 17.0 Å². The summed E-state index contributed by atoms with van der Waals surface area (Å²) in [5.74, 6) is 0.943. The quantitative estimate of drug-likeness (QED) is 0.621. The number of hydrogen-bond donors (Lipinski definition) is 1. The van der Waals surface area contributed by atoms with Crippen LogP contribution in [0.2, 0.25) is 0 Å². The van der Waals surface area contributed by atoms with Gasteiger partial charge in [-0.1, -0.05) is 6.58 Å². The number of fused-ring (bicyclic) bond motifs is 1. The number of anilines is 1. The van der Waals surface area contributed by atoms with Gasteiger partial charge in [-0.2, -0.15) is 0 Å². The number of carbonyl (C=O) groups excluding carboxylic acids is 1. The summed E-state index contributed by atoms with van der Waals surface area (Å²) >= 11 is 0. The number of pyridine rings is 1. The Morgan fingerprint density at radius 2 is 1.81 bits per heavy atom. The van der Waals surface area contributed by atoms with Crippen molar-refractivity contribution in [3.05, 3.63) is 60.4 Å². The average Bonchev–Trinajstić information content (AvgIpc) is 3.10. The monoisotopic (exact) mass is 419 g/mol. The molecule has 31 heavy (non-hydrogen) atoms. The van der Waals surface area contributed by atoms with Crippen LogP contribution in [0, 0.1) is 0 Å². The summed E-state index contributed by atoms with van der Waals surface area (Å²) in [4.78, 5) is 20.8. The summed E-state index contributed by atoms with van der Waals surface area (Å²) in [6.07, 6.45) is 1.93. The fraction of sp³-hybridized carbons (Fsp3) is 0.333. The van der Waals surface area contributed by atoms with Gasteiger partial charge in [0.2, 0.25) is 5.91 Å². The van der Waals surface area contributed by atoms with E-state index in [0.29, 0.717) is 12.3 Å². The predicted molar refractivity (Wildman–Crippen MR) is 123 cm³/mol. The molecule has 7 heteroatoms. The largest absolute Gasteiger partial charge is 0.489 e. The summed E-state index contributed by atoms with van der Waals surface area (Å²) in [6.45, 7) is 11.9. The molecule has 2 N–H and O–H groups in total. The van der Waals surface area contributed by atoms with Crippen LogP contribution in [0.25, 0.3) is 16.9 Å². The van der Waals surface area contributed by atoms with Gasteiger partial charge < -0.3 is 19.8 Å². The first kappa shape index (κ1) is 20.9. The Labute approximate surface area is 182 Å². The molecule has 3 heterocycles. The highest BCUT2D eigenvalue weighted by molar-refractivity contribution is 5.73. The molecule has 0 aliphatic carbocycles. The van der Waals surface area contributed by atoms with Crippen molar-refractivity contribution in [3.63, 3.8) is 0 Å². The Balaban J connectivity index is 1.63. The number of amides is 1. The third-order valence-corrected chi connectivity index (χ3v) is 5.54. The van der Waals surface area contributed by atoms with Gasteiger partial charge in [0.1, 0.15) is 18.0 Å². The maximum Gasteiger partial charge on any atom is 0.219 e. The van der Waals surface area contributed by atoms with E-state index in [4.69, 9.17) is 15.5 Å². The zero-order valence-corrected chi connectivity index (χ0v) is 18.2. The Hall–Kier alpha value is -3.32. The zero-order valence-electron chi connectivity index (χ0n) is 18.2. The average molecular weight is 420 g/mol. The Morgan fingerprint density at radius 3 is 2.45 bits per heavy atom. The highest BCUT2D eigenvalue weighted by Gasteiger charge is 2.22. The molecule has 0 atom stereocenters. The van der Waals surface area contributed by atoms with E-state index in [-0.39, 0.29) is 5.91 Å². The number of aromatic nitrogens is 2. The van der Waals surface area contributed by atoms with Crippen molar-refractivity contribution in [2.45, 2.75) is 20.4 Å². The number of nitrogen functional groups attached to an aromatic ring is 1. The van der Waals surface area contributed by atoms with Gasteiger partial charge in [-0.05, 0) is 48.9 Å². The van der Waals surface area contributed by atoms with E-state index in [1.54, 1.807) is 6.92 Å². The van der Waals surface area contributed by atoms with Crippen molar-refractivity contribution in [2.75, 3.05) is 38.5 Å². The molecule has 2 aromatic heterocycles. The van der Waals surface area contributed by atoms with Gasteiger partial charge in [-0.25, -0.2) is 4.98 Å². The second-order valence-corrected chi connectivity index (χ2v) is 8.15. The summed E-state index contributed by atoms with van der Waals surface area (Å²) < 4.78 is 7.81. The topological polar surface area (TPSA) is 76.1 Å². The van der Waals surface area contributed by atoms with E-state index in [1.165, 1.54) is 0 Å². The minimum absolute atomic E-state index is 0.136. The lowest BCUT2D eigenvalue weighted by Gasteiger charge is -2.34. The molecule has 1 aliphatic rings. The van der Waals surface area contributed by atoms with Crippen LogP contribution in [0.1, 0.15) is 19.5 Å². The Kier molecular flexibility index (Phi) is 5.95. The van der Waals surface area contributed by atoms with Gasteiger partial charge in [0.05, 0.1) is 11.4 Å². The third-order valence-electron chi connectivity index (χ3n) is 5.54. The molecule has 3 aromatic rings. The normalized spacial score (nSPS) is 14.7. The van der Waals surface area contributed by atoms with Crippen LogP contribution >= 0.6 is 0 Å². The van der Waals surface area contributed by atoms with Crippen molar-refractivity contribution in [1.29, 1.82) is 0 Å². The third kappa shape index (κ3) is 4.72. The first-order valence-corrected chi connectivity index (χ1v) is 10.5. The van der Waals surface area contributed by atoms with Crippen molar-refractivity contribution >= 4 is 17.2 Å². The van der Waals surface area contributed by atoms with E-state index in [0.717, 1.165) is 66.6 Å². The number of ether oxygens (including phenoxy) is 1. The van der Waals surface area contributed by atoms with E-state index < -0.39 is 0 Å². The maximum atomic E-state index is 11.6. The second-order valence-electron chi connectivity index (χ2n) is 8.15. The number of carbonyl (C=O) groups is 1. The smallest absolute Gasteiger partial charge is 0.219 e. The van der Waals surface area contributed by atoms with Gasteiger partial charge in [-0.15, -0.1) is 0 Å². The molecule has 1 saturated heterocycles. The second kappa shape index (κ2) is 8.81. The summed E-state index contributed by atoms with van der Waals surface area (Å²) in [5, 5.41) is 0. The van der Waals surface area contributed by atoms with E-state index >= 15 is 0 Å². The number of piperazine rings is 1. The van der Waals surface area contributed by atoms with Crippen LogP contribution in [-0.2, 0) is 11.3 Å². The molecule has 0 saturated carbocycles. The van der Waals surface area contributed by atoms with Gasteiger partial charge in [0.25, 0.3) is 0 Å². The first-order chi connectivity index (χ1) is 14.9. The minimum Gasteiger partial charge on any atom is -0.489 e. The van der Waals surface area contributed by atoms with Gasteiger partial charge in [0.15, 0.2) is 0 Å². The highest BCUT2D eigenvalue weighted by Crippen LogP contribution is 2.28. The molecule has 1 fully saturated rings. The number of benzene rings is 1. The number of imidazole rings is 1. The Morgan fingerprint density at radius 1 is 1.10 bits per heavy atom. The molecular formula is C24H29N5O2. The molecule has 162 valence electrons. The van der Waals surface area contributed by atoms with Crippen LogP contribution in [0.4, 0.5) is 5.69 Å². The lowest BCUT2D eigenvalue weighted by atomic mass is 10.1. The van der Waals surface area contributed by atoms with E-state index in [1.807, 2.05) is 54.4 Å². The van der Waals surface area contributed by atoms with Gasteiger partial charge in [-0.3, -0.25) is 9.69 Å². The molecule has 0 radical (unpaired) electrons. The van der Waals surface area contributed by atoms with E-state index in [2.05, 4.69) is 15.9 Å². The molecule has 0 bridgehead atoms. The molecule has 4 rings (SSSR count). The predicted octanol–water partition coefficient (Wildman–Crippen LogP) is 3.20. The van der Waals surface area contributed by atoms with Crippen molar-refractivity contribution < 1.29 is 9.53 Å². The number of nitrogens with two attached hydrogens (primary N) is 1. The number of nitrogens with zero attached hydrogens (tertiary/aromatic N) is 4. The van der Waals surface area contributed by atoms with Crippen molar-refractivity contribution in [2.24, 2.45) is 0 Å². The van der Waals surface area contributed by atoms with Crippen LogP contribution in [0.3, 0.4) is 0 Å². The first-order valence-electron chi connectivity index (χ1n) is 10.5. The lowest BCUT2D eigenvalue weighted by Crippen LogP contribution is -2.47. The molecular weight excluding hydrogens is 390 g/mol. The van der Waals surface area contributed by atoms with Crippen LogP contribution in [-0.4, -0.2) is 57.9 Å². The lowest BCUT2D eigenvalue weighted by molar-refractivity contribution is -0.130. The molecule has 0 spiro atoms. The fourth-order valence-electron chi connectivity index (χ4n) is 3.84. The van der Waals surface area contributed by atoms with Crippen LogP contribution < -0.4 is 10.5 Å². The highest BCUT2D eigenvalue weighted by atomic mass is 16.5. The summed E-state index contributed by atoms with van der Waals surface area (Å²) in [7, 11) is 0. The van der Waals surface area contributed by atoms with Gasteiger partial charge >= 0.3 is 0 Å². The SMILES string of the molecule is C=C(C)COc1ccc(-c2nc3ccc(N)cn3c2CN2CCN(C(C)=O)CC2)cc1.